The number of nitro benzene ring substituents is 1. The normalized spacial score (nSPS) is 10.5. The SMILES string of the molecule is Cc1ccc2ncnc(Nc3ccc([N+](=O)[O-])cc3)c2c1. The van der Waals surface area contributed by atoms with Crippen molar-refractivity contribution in [3.05, 3.63) is 64.5 Å². The van der Waals surface area contributed by atoms with E-state index in [9.17, 15) is 10.1 Å². The minimum Gasteiger partial charge on any atom is -0.340 e. The molecule has 0 aliphatic carbocycles. The number of hydrogen-bond donors (Lipinski definition) is 1. The Morgan fingerprint density at radius 1 is 1.10 bits per heavy atom. The molecule has 3 aromatic rings. The van der Waals surface area contributed by atoms with Gasteiger partial charge in [-0.2, -0.15) is 0 Å². The fourth-order valence-electron chi connectivity index (χ4n) is 2.07. The van der Waals surface area contributed by atoms with Crippen LogP contribution in [0, 0.1) is 17.0 Å². The van der Waals surface area contributed by atoms with Gasteiger partial charge in [0.2, 0.25) is 0 Å². The molecular weight excluding hydrogens is 268 g/mol. The second-order valence-electron chi connectivity index (χ2n) is 4.67. The molecule has 0 fully saturated rings. The molecular formula is C15H12N4O2. The minimum absolute atomic E-state index is 0.0592. The number of nitrogens with zero attached hydrogens (tertiary/aromatic N) is 3. The number of aromatic nitrogens is 2. The lowest BCUT2D eigenvalue weighted by atomic mass is 10.1. The first-order chi connectivity index (χ1) is 10.1. The summed E-state index contributed by atoms with van der Waals surface area (Å²) in [7, 11) is 0. The van der Waals surface area contributed by atoms with Crippen molar-refractivity contribution in [3.63, 3.8) is 0 Å². The Kier molecular flexibility index (Phi) is 3.19. The van der Waals surface area contributed by atoms with Gasteiger partial charge in [-0.1, -0.05) is 11.6 Å². The number of nitro groups is 1. The summed E-state index contributed by atoms with van der Waals surface area (Å²) in [6, 6.07) is 12.2. The predicted octanol–water partition coefficient (Wildman–Crippen LogP) is 3.59. The highest BCUT2D eigenvalue weighted by molar-refractivity contribution is 5.91. The third-order valence-corrected chi connectivity index (χ3v) is 3.13. The van der Waals surface area contributed by atoms with E-state index >= 15 is 0 Å². The minimum atomic E-state index is -0.423. The van der Waals surface area contributed by atoms with Gasteiger partial charge in [0.05, 0.1) is 10.4 Å². The van der Waals surface area contributed by atoms with E-state index in [1.807, 2.05) is 25.1 Å². The smallest absolute Gasteiger partial charge is 0.269 e. The highest BCUT2D eigenvalue weighted by Gasteiger charge is 2.07. The molecule has 0 unspecified atom stereocenters. The first-order valence-corrected chi connectivity index (χ1v) is 6.36. The topological polar surface area (TPSA) is 81.0 Å². The van der Waals surface area contributed by atoms with Gasteiger partial charge in [0, 0.05) is 23.2 Å². The summed E-state index contributed by atoms with van der Waals surface area (Å²) in [6.07, 6.45) is 1.49. The zero-order valence-corrected chi connectivity index (χ0v) is 11.3. The van der Waals surface area contributed by atoms with Gasteiger partial charge in [0.1, 0.15) is 12.1 Å². The van der Waals surface area contributed by atoms with E-state index < -0.39 is 4.92 Å². The van der Waals surface area contributed by atoms with Crippen LogP contribution >= 0.6 is 0 Å². The van der Waals surface area contributed by atoms with Crippen molar-refractivity contribution in [1.82, 2.24) is 9.97 Å². The summed E-state index contributed by atoms with van der Waals surface area (Å²) in [5.41, 5.74) is 2.76. The van der Waals surface area contributed by atoms with Crippen LogP contribution in [0.1, 0.15) is 5.56 Å². The highest BCUT2D eigenvalue weighted by Crippen LogP contribution is 2.24. The molecule has 21 heavy (non-hydrogen) atoms. The lowest BCUT2D eigenvalue weighted by molar-refractivity contribution is -0.384. The predicted molar refractivity (Wildman–Crippen MR) is 80.7 cm³/mol. The first-order valence-electron chi connectivity index (χ1n) is 6.36. The standard InChI is InChI=1S/C15H12N4O2/c1-10-2-7-14-13(8-10)15(17-9-16-14)18-11-3-5-12(6-4-11)19(20)21/h2-9H,1H3,(H,16,17,18). The number of benzene rings is 2. The summed E-state index contributed by atoms with van der Waals surface area (Å²) in [4.78, 5) is 18.7. The molecule has 1 heterocycles. The molecule has 0 radical (unpaired) electrons. The number of rotatable bonds is 3. The molecule has 1 N–H and O–H groups in total. The number of hydrogen-bond acceptors (Lipinski definition) is 5. The highest BCUT2D eigenvalue weighted by atomic mass is 16.6. The maximum atomic E-state index is 10.6. The average molecular weight is 280 g/mol. The maximum absolute atomic E-state index is 10.6. The number of aryl methyl sites for hydroxylation is 1. The lowest BCUT2D eigenvalue weighted by Gasteiger charge is -2.08. The molecule has 1 aromatic heterocycles. The average Bonchev–Trinajstić information content (AvgIpc) is 2.48. The fraction of sp³-hybridized carbons (Fsp3) is 0.0667. The van der Waals surface area contributed by atoms with Crippen molar-refractivity contribution in [2.24, 2.45) is 0 Å². The Labute approximate surface area is 120 Å². The van der Waals surface area contributed by atoms with E-state index in [0.29, 0.717) is 5.82 Å². The van der Waals surface area contributed by atoms with E-state index in [0.717, 1.165) is 22.2 Å². The Morgan fingerprint density at radius 3 is 2.57 bits per heavy atom. The van der Waals surface area contributed by atoms with Gasteiger partial charge in [0.15, 0.2) is 0 Å². The Hall–Kier alpha value is -3.02. The van der Waals surface area contributed by atoms with Crippen LogP contribution < -0.4 is 5.32 Å². The van der Waals surface area contributed by atoms with Crippen LogP contribution in [0.4, 0.5) is 17.2 Å². The largest absolute Gasteiger partial charge is 0.340 e. The number of anilines is 2. The summed E-state index contributed by atoms with van der Waals surface area (Å²) in [5, 5.41) is 14.7. The molecule has 0 bridgehead atoms. The van der Waals surface area contributed by atoms with Crippen molar-refractivity contribution >= 4 is 28.1 Å². The molecule has 0 aliphatic rings. The lowest BCUT2D eigenvalue weighted by Crippen LogP contribution is -1.96. The zero-order valence-electron chi connectivity index (χ0n) is 11.3. The van der Waals surface area contributed by atoms with E-state index in [4.69, 9.17) is 0 Å². The molecule has 0 atom stereocenters. The second-order valence-corrected chi connectivity index (χ2v) is 4.67. The molecule has 0 saturated carbocycles. The van der Waals surface area contributed by atoms with Crippen LogP contribution in [0.25, 0.3) is 10.9 Å². The van der Waals surface area contributed by atoms with Crippen LogP contribution in [0.15, 0.2) is 48.8 Å². The fourth-order valence-corrected chi connectivity index (χ4v) is 2.07. The molecule has 0 amide bonds. The molecule has 6 nitrogen and oxygen atoms in total. The maximum Gasteiger partial charge on any atom is 0.269 e. The molecule has 0 saturated heterocycles. The van der Waals surface area contributed by atoms with Crippen LogP contribution in [-0.4, -0.2) is 14.9 Å². The molecule has 6 heteroatoms. The van der Waals surface area contributed by atoms with E-state index in [-0.39, 0.29) is 5.69 Å². The number of nitrogens with one attached hydrogen (secondary N) is 1. The van der Waals surface area contributed by atoms with E-state index in [1.165, 1.54) is 18.5 Å². The summed E-state index contributed by atoms with van der Waals surface area (Å²) in [5.74, 6) is 0.678. The zero-order chi connectivity index (χ0) is 14.8. The molecule has 0 spiro atoms. The van der Waals surface area contributed by atoms with Crippen molar-refractivity contribution in [3.8, 4) is 0 Å². The van der Waals surface area contributed by atoms with Crippen LogP contribution in [0.5, 0.6) is 0 Å². The second kappa shape index (κ2) is 5.16. The monoisotopic (exact) mass is 280 g/mol. The molecule has 2 aromatic carbocycles. The van der Waals surface area contributed by atoms with E-state index in [2.05, 4.69) is 15.3 Å². The molecule has 104 valence electrons. The number of non-ortho nitro benzene ring substituents is 1. The Bertz CT molecular complexity index is 816. The third kappa shape index (κ3) is 2.64. The molecule has 0 aliphatic heterocycles. The van der Waals surface area contributed by atoms with Crippen molar-refractivity contribution < 1.29 is 4.92 Å². The summed E-state index contributed by atoms with van der Waals surface area (Å²) >= 11 is 0. The quantitative estimate of drug-likeness (QED) is 0.585. The number of fused-ring (bicyclic) bond motifs is 1. The third-order valence-electron chi connectivity index (χ3n) is 3.13. The van der Waals surface area contributed by atoms with Crippen molar-refractivity contribution in [1.29, 1.82) is 0 Å². The Balaban J connectivity index is 1.97. The summed E-state index contributed by atoms with van der Waals surface area (Å²) in [6.45, 7) is 2.00. The van der Waals surface area contributed by atoms with Gasteiger partial charge < -0.3 is 5.32 Å². The van der Waals surface area contributed by atoms with Crippen LogP contribution in [0.3, 0.4) is 0 Å². The summed E-state index contributed by atoms with van der Waals surface area (Å²) < 4.78 is 0. The first kappa shape index (κ1) is 13.0. The van der Waals surface area contributed by atoms with Gasteiger partial charge >= 0.3 is 0 Å². The van der Waals surface area contributed by atoms with Crippen molar-refractivity contribution in [2.45, 2.75) is 6.92 Å². The molecule has 3 rings (SSSR count). The van der Waals surface area contributed by atoms with Gasteiger partial charge in [-0.05, 0) is 31.2 Å². The van der Waals surface area contributed by atoms with E-state index in [1.54, 1.807) is 12.1 Å². The Morgan fingerprint density at radius 2 is 1.86 bits per heavy atom. The van der Waals surface area contributed by atoms with Gasteiger partial charge in [-0.3, -0.25) is 10.1 Å². The van der Waals surface area contributed by atoms with Gasteiger partial charge in [0.25, 0.3) is 5.69 Å². The van der Waals surface area contributed by atoms with Gasteiger partial charge in [-0.25, -0.2) is 9.97 Å². The van der Waals surface area contributed by atoms with Crippen LogP contribution in [-0.2, 0) is 0 Å². The van der Waals surface area contributed by atoms with Crippen molar-refractivity contribution in [2.75, 3.05) is 5.32 Å². The van der Waals surface area contributed by atoms with Crippen LogP contribution in [0.2, 0.25) is 0 Å². The van der Waals surface area contributed by atoms with Gasteiger partial charge in [-0.15, -0.1) is 0 Å².